The number of ketones is 1. The summed E-state index contributed by atoms with van der Waals surface area (Å²) >= 11 is 0. The highest BCUT2D eigenvalue weighted by Crippen LogP contribution is 2.37. The second-order valence-electron chi connectivity index (χ2n) is 7.99. The Kier molecular flexibility index (Phi) is 7.62. The van der Waals surface area contributed by atoms with Gasteiger partial charge in [0.15, 0.2) is 5.78 Å². The molecule has 0 amide bonds. The topological polar surface area (TPSA) is 43.4 Å². The quantitative estimate of drug-likeness (QED) is 0.439. The Morgan fingerprint density at radius 2 is 1.52 bits per heavy atom. The zero-order valence-electron chi connectivity index (χ0n) is 17.6. The van der Waals surface area contributed by atoms with Crippen LogP contribution in [-0.4, -0.2) is 18.4 Å². The zero-order chi connectivity index (χ0) is 20.6. The van der Waals surface area contributed by atoms with Crippen LogP contribution in [0.2, 0.25) is 0 Å². The lowest BCUT2D eigenvalue weighted by atomic mass is 9.74. The predicted molar refractivity (Wildman–Crippen MR) is 116 cm³/mol. The van der Waals surface area contributed by atoms with E-state index in [1.807, 2.05) is 24.3 Å². The molecule has 0 saturated heterocycles. The highest BCUT2D eigenvalue weighted by Gasteiger charge is 2.36. The van der Waals surface area contributed by atoms with Crippen LogP contribution in [0.25, 0.3) is 0 Å². The van der Waals surface area contributed by atoms with Crippen LogP contribution in [0.4, 0.5) is 0 Å². The lowest BCUT2D eigenvalue weighted by Crippen LogP contribution is -2.34. The zero-order valence-corrected chi connectivity index (χ0v) is 17.6. The van der Waals surface area contributed by atoms with Crippen LogP contribution in [0.3, 0.4) is 0 Å². The standard InChI is InChI=1S/C26H32O3/c1-3-19-10-8-9-13-23(19)18-24(26(28)29-4-2)25(27)22-16-14-21(15-17-22)20-11-6-5-7-12-20/h5-13,21-22,24H,3-4,14-18H2,1-2H3/t21-,22-,24?. The minimum Gasteiger partial charge on any atom is -0.465 e. The van der Waals surface area contributed by atoms with Gasteiger partial charge in [0.25, 0.3) is 0 Å². The molecular weight excluding hydrogens is 360 g/mol. The molecule has 2 aromatic rings. The van der Waals surface area contributed by atoms with Gasteiger partial charge in [-0.2, -0.15) is 0 Å². The van der Waals surface area contributed by atoms with Crippen LogP contribution >= 0.6 is 0 Å². The first-order valence-electron chi connectivity index (χ1n) is 11.0. The minimum absolute atomic E-state index is 0.0434. The van der Waals surface area contributed by atoms with E-state index in [2.05, 4.69) is 37.3 Å². The van der Waals surface area contributed by atoms with Crippen molar-refractivity contribution in [1.82, 2.24) is 0 Å². The van der Waals surface area contributed by atoms with E-state index in [1.165, 1.54) is 11.1 Å². The van der Waals surface area contributed by atoms with Crippen LogP contribution in [0.15, 0.2) is 54.6 Å². The van der Waals surface area contributed by atoms with E-state index in [-0.39, 0.29) is 17.7 Å². The normalized spacial score (nSPS) is 20.1. The molecule has 0 heterocycles. The Hall–Kier alpha value is -2.42. The van der Waals surface area contributed by atoms with E-state index >= 15 is 0 Å². The summed E-state index contributed by atoms with van der Waals surface area (Å²) in [7, 11) is 0. The van der Waals surface area contributed by atoms with Crippen LogP contribution in [-0.2, 0) is 27.2 Å². The third kappa shape index (κ3) is 5.35. The van der Waals surface area contributed by atoms with Gasteiger partial charge in [-0.1, -0.05) is 61.5 Å². The van der Waals surface area contributed by atoms with Gasteiger partial charge in [0, 0.05) is 5.92 Å². The van der Waals surface area contributed by atoms with Crippen molar-refractivity contribution in [3.63, 3.8) is 0 Å². The lowest BCUT2D eigenvalue weighted by molar-refractivity contribution is -0.152. The molecule has 0 aromatic heterocycles. The van der Waals surface area contributed by atoms with Gasteiger partial charge in [0.05, 0.1) is 6.61 Å². The van der Waals surface area contributed by atoms with E-state index in [0.717, 1.165) is 37.7 Å². The average Bonchev–Trinajstić information content (AvgIpc) is 2.78. The molecule has 1 fully saturated rings. The third-order valence-corrected chi connectivity index (χ3v) is 6.24. The Morgan fingerprint density at radius 1 is 0.897 bits per heavy atom. The number of aryl methyl sites for hydroxylation is 1. The van der Waals surface area contributed by atoms with Gasteiger partial charge in [-0.05, 0) is 68.1 Å². The number of esters is 1. The van der Waals surface area contributed by atoms with Gasteiger partial charge in [-0.3, -0.25) is 9.59 Å². The SMILES string of the molecule is CCOC(=O)C(Cc1ccccc1CC)C(=O)[C@H]1CC[C@H](c2ccccc2)CC1. The fraction of sp³-hybridized carbons (Fsp3) is 0.462. The van der Waals surface area contributed by atoms with Crippen LogP contribution in [0.5, 0.6) is 0 Å². The molecule has 1 saturated carbocycles. The Bertz CT molecular complexity index is 804. The number of ether oxygens (including phenoxy) is 1. The van der Waals surface area contributed by atoms with Crippen molar-refractivity contribution < 1.29 is 14.3 Å². The second kappa shape index (κ2) is 10.4. The molecule has 3 rings (SSSR count). The van der Waals surface area contributed by atoms with Crippen LogP contribution in [0, 0.1) is 11.8 Å². The third-order valence-electron chi connectivity index (χ3n) is 6.24. The minimum atomic E-state index is -0.694. The Labute approximate surface area is 174 Å². The molecule has 3 nitrogen and oxygen atoms in total. The van der Waals surface area contributed by atoms with E-state index in [4.69, 9.17) is 4.74 Å². The lowest BCUT2D eigenvalue weighted by Gasteiger charge is -2.30. The molecule has 2 aromatic carbocycles. The fourth-order valence-electron chi connectivity index (χ4n) is 4.59. The number of benzene rings is 2. The summed E-state index contributed by atoms with van der Waals surface area (Å²) in [6, 6.07) is 18.6. The van der Waals surface area contributed by atoms with Crippen molar-refractivity contribution in [2.75, 3.05) is 6.61 Å². The maximum absolute atomic E-state index is 13.4. The van der Waals surface area contributed by atoms with Gasteiger partial charge < -0.3 is 4.74 Å². The first-order valence-corrected chi connectivity index (χ1v) is 11.0. The summed E-state index contributed by atoms with van der Waals surface area (Å²) in [5.41, 5.74) is 3.64. The number of carbonyl (C=O) groups excluding carboxylic acids is 2. The molecular formula is C26H32O3. The van der Waals surface area contributed by atoms with Gasteiger partial charge in [0.2, 0.25) is 0 Å². The van der Waals surface area contributed by atoms with Gasteiger partial charge >= 0.3 is 5.97 Å². The van der Waals surface area contributed by atoms with Crippen molar-refractivity contribution in [3.8, 4) is 0 Å². The molecule has 3 heteroatoms. The molecule has 0 N–H and O–H groups in total. The van der Waals surface area contributed by atoms with Crippen LogP contribution < -0.4 is 0 Å². The molecule has 1 unspecified atom stereocenters. The average molecular weight is 393 g/mol. The first kappa shape index (κ1) is 21.3. The summed E-state index contributed by atoms with van der Waals surface area (Å²) in [6.45, 7) is 4.20. The highest BCUT2D eigenvalue weighted by molar-refractivity contribution is 6.00. The number of hydrogen-bond donors (Lipinski definition) is 0. The van der Waals surface area contributed by atoms with Gasteiger partial charge in [0.1, 0.15) is 5.92 Å². The monoisotopic (exact) mass is 392 g/mol. The molecule has 1 atom stereocenters. The van der Waals surface area contributed by atoms with Gasteiger partial charge in [-0.15, -0.1) is 0 Å². The summed E-state index contributed by atoms with van der Waals surface area (Å²) in [6.07, 6.45) is 5.04. The smallest absolute Gasteiger partial charge is 0.316 e. The van der Waals surface area contributed by atoms with E-state index in [9.17, 15) is 9.59 Å². The van der Waals surface area contributed by atoms with Crippen molar-refractivity contribution in [2.45, 2.75) is 58.3 Å². The number of Topliss-reactive ketones (excluding diaryl/α,β-unsaturated/α-hetero) is 1. The second-order valence-corrected chi connectivity index (χ2v) is 7.99. The van der Waals surface area contributed by atoms with Crippen LogP contribution in [0.1, 0.15) is 62.1 Å². The van der Waals surface area contributed by atoms with Crippen molar-refractivity contribution in [2.24, 2.45) is 11.8 Å². The van der Waals surface area contributed by atoms with Crippen molar-refractivity contribution in [1.29, 1.82) is 0 Å². The maximum atomic E-state index is 13.4. The Morgan fingerprint density at radius 3 is 2.14 bits per heavy atom. The summed E-state index contributed by atoms with van der Waals surface area (Å²) < 4.78 is 5.29. The molecule has 1 aliphatic carbocycles. The number of rotatable bonds is 8. The number of hydrogen-bond acceptors (Lipinski definition) is 3. The summed E-state index contributed by atoms with van der Waals surface area (Å²) in [5, 5.41) is 0. The molecule has 29 heavy (non-hydrogen) atoms. The van der Waals surface area contributed by atoms with Gasteiger partial charge in [-0.25, -0.2) is 0 Å². The van der Waals surface area contributed by atoms with Crippen molar-refractivity contribution >= 4 is 11.8 Å². The largest absolute Gasteiger partial charge is 0.465 e. The van der Waals surface area contributed by atoms with Crippen molar-refractivity contribution in [3.05, 3.63) is 71.3 Å². The van der Waals surface area contributed by atoms with E-state index in [0.29, 0.717) is 18.9 Å². The summed E-state index contributed by atoms with van der Waals surface area (Å²) in [4.78, 5) is 26.0. The summed E-state index contributed by atoms with van der Waals surface area (Å²) in [5.74, 6) is -0.518. The molecule has 0 spiro atoms. The molecule has 0 radical (unpaired) electrons. The maximum Gasteiger partial charge on any atom is 0.316 e. The highest BCUT2D eigenvalue weighted by atomic mass is 16.5. The molecule has 154 valence electrons. The molecule has 0 bridgehead atoms. The molecule has 0 aliphatic heterocycles. The Balaban J connectivity index is 1.71. The van der Waals surface area contributed by atoms with E-state index < -0.39 is 5.92 Å². The molecule has 1 aliphatic rings. The van der Waals surface area contributed by atoms with E-state index in [1.54, 1.807) is 6.92 Å². The fourth-order valence-corrected chi connectivity index (χ4v) is 4.59. The first-order chi connectivity index (χ1) is 14.1. The predicted octanol–water partition coefficient (Wildman–Crippen LogP) is 5.51. The number of carbonyl (C=O) groups is 2.